The Morgan fingerprint density at radius 3 is 2.81 bits per heavy atom. The maximum absolute atomic E-state index is 10.8. The zero-order valence-electron chi connectivity index (χ0n) is 9.26. The van der Waals surface area contributed by atoms with Crippen LogP contribution in [0.15, 0.2) is 24.3 Å². The molecule has 2 N–H and O–H groups in total. The lowest BCUT2D eigenvalue weighted by molar-refractivity contribution is -0.385. The van der Waals surface area contributed by atoms with Gasteiger partial charge in [-0.2, -0.15) is 0 Å². The van der Waals surface area contributed by atoms with Crippen molar-refractivity contribution < 1.29 is 9.66 Å². The van der Waals surface area contributed by atoms with Gasteiger partial charge in [-0.05, 0) is 12.8 Å². The molecule has 88 valence electrons. The van der Waals surface area contributed by atoms with Gasteiger partial charge in [0.05, 0.1) is 4.92 Å². The number of nitro groups is 1. The lowest BCUT2D eigenvalue weighted by Gasteiger charge is -2.10. The van der Waals surface area contributed by atoms with E-state index < -0.39 is 0 Å². The summed E-state index contributed by atoms with van der Waals surface area (Å²) in [6.07, 6.45) is 1.20. The number of nitrogens with zero attached hydrogens (tertiary/aromatic N) is 1. The van der Waals surface area contributed by atoms with E-state index in [2.05, 4.69) is 0 Å². The summed E-state index contributed by atoms with van der Waals surface area (Å²) in [6.45, 7) is 0.571. The molecule has 5 nitrogen and oxygen atoms in total. The molecule has 0 fully saturated rings. The van der Waals surface area contributed by atoms with Gasteiger partial charge in [0.15, 0.2) is 0 Å². The van der Waals surface area contributed by atoms with Crippen molar-refractivity contribution in [3.05, 3.63) is 39.9 Å². The van der Waals surface area contributed by atoms with E-state index in [0.29, 0.717) is 25.0 Å². The van der Waals surface area contributed by atoms with Crippen molar-refractivity contribution in [3.63, 3.8) is 0 Å². The fourth-order valence-corrected chi connectivity index (χ4v) is 1.52. The molecule has 5 heteroatoms. The number of hydrogen-bond donors (Lipinski definition) is 1. The molecule has 0 radical (unpaired) electrons. The summed E-state index contributed by atoms with van der Waals surface area (Å²) in [7, 11) is 1.61. The van der Waals surface area contributed by atoms with Gasteiger partial charge < -0.3 is 10.5 Å². The number of rotatable bonds is 6. The second-order valence-corrected chi connectivity index (χ2v) is 3.63. The molecule has 16 heavy (non-hydrogen) atoms. The number of methoxy groups -OCH3 is 1. The van der Waals surface area contributed by atoms with E-state index >= 15 is 0 Å². The Hall–Kier alpha value is -1.46. The highest BCUT2D eigenvalue weighted by Gasteiger charge is 2.14. The van der Waals surface area contributed by atoms with Crippen molar-refractivity contribution in [1.82, 2.24) is 0 Å². The molecule has 0 bridgehead atoms. The van der Waals surface area contributed by atoms with Crippen LogP contribution in [0.1, 0.15) is 12.0 Å². The molecular formula is C11H16N2O3. The van der Waals surface area contributed by atoms with Crippen molar-refractivity contribution in [2.45, 2.75) is 18.9 Å². The Labute approximate surface area is 94.4 Å². The average Bonchev–Trinajstić information content (AvgIpc) is 2.27. The first-order chi connectivity index (χ1) is 7.65. The maximum Gasteiger partial charge on any atom is 0.272 e. The average molecular weight is 224 g/mol. The van der Waals surface area contributed by atoms with Crippen LogP contribution in [0.5, 0.6) is 0 Å². The zero-order valence-corrected chi connectivity index (χ0v) is 9.26. The monoisotopic (exact) mass is 224 g/mol. The van der Waals surface area contributed by atoms with Crippen LogP contribution in [0.2, 0.25) is 0 Å². The maximum atomic E-state index is 10.8. The van der Waals surface area contributed by atoms with Crippen molar-refractivity contribution in [3.8, 4) is 0 Å². The molecule has 0 aromatic heterocycles. The van der Waals surface area contributed by atoms with Gasteiger partial charge in [-0.3, -0.25) is 10.1 Å². The molecule has 1 aromatic rings. The SMILES string of the molecule is COCCC(N)Cc1ccccc1[N+](=O)[O-]. The van der Waals surface area contributed by atoms with Gasteiger partial charge in [0, 0.05) is 31.4 Å². The second-order valence-electron chi connectivity index (χ2n) is 3.63. The first-order valence-corrected chi connectivity index (χ1v) is 5.12. The van der Waals surface area contributed by atoms with Crippen LogP contribution >= 0.6 is 0 Å². The highest BCUT2D eigenvalue weighted by molar-refractivity contribution is 5.40. The van der Waals surface area contributed by atoms with Gasteiger partial charge in [0.1, 0.15) is 0 Å². The van der Waals surface area contributed by atoms with Gasteiger partial charge in [-0.1, -0.05) is 18.2 Å². The molecule has 0 aliphatic heterocycles. The van der Waals surface area contributed by atoms with Crippen LogP contribution in [0.4, 0.5) is 5.69 Å². The summed E-state index contributed by atoms with van der Waals surface area (Å²) in [5, 5.41) is 10.8. The number of nitrogens with two attached hydrogens (primary N) is 1. The molecule has 1 unspecified atom stereocenters. The fraction of sp³-hybridized carbons (Fsp3) is 0.455. The van der Waals surface area contributed by atoms with Gasteiger partial charge >= 0.3 is 0 Å². The van der Waals surface area contributed by atoms with E-state index in [-0.39, 0.29) is 16.7 Å². The van der Waals surface area contributed by atoms with Crippen LogP contribution in [0.25, 0.3) is 0 Å². The molecule has 0 heterocycles. The van der Waals surface area contributed by atoms with Crippen molar-refractivity contribution in [2.24, 2.45) is 5.73 Å². The van der Waals surface area contributed by atoms with E-state index in [1.807, 2.05) is 0 Å². The minimum Gasteiger partial charge on any atom is -0.385 e. The molecule has 1 rings (SSSR count). The van der Waals surface area contributed by atoms with E-state index in [1.165, 1.54) is 6.07 Å². The normalized spacial score (nSPS) is 12.4. The van der Waals surface area contributed by atoms with Crippen LogP contribution in [0, 0.1) is 10.1 Å². The van der Waals surface area contributed by atoms with Crippen LogP contribution in [0.3, 0.4) is 0 Å². The van der Waals surface area contributed by atoms with E-state index in [4.69, 9.17) is 10.5 Å². The summed E-state index contributed by atoms with van der Waals surface area (Å²) in [5.41, 5.74) is 6.67. The molecule has 0 saturated carbocycles. The van der Waals surface area contributed by atoms with Crippen LogP contribution < -0.4 is 5.73 Å². The zero-order chi connectivity index (χ0) is 12.0. The lowest BCUT2D eigenvalue weighted by Crippen LogP contribution is -2.24. The highest BCUT2D eigenvalue weighted by atomic mass is 16.6. The van der Waals surface area contributed by atoms with Gasteiger partial charge in [-0.25, -0.2) is 0 Å². The van der Waals surface area contributed by atoms with Crippen molar-refractivity contribution in [1.29, 1.82) is 0 Å². The summed E-state index contributed by atoms with van der Waals surface area (Å²) in [6, 6.07) is 6.57. The third-order valence-corrected chi connectivity index (χ3v) is 2.36. The number of hydrogen-bond acceptors (Lipinski definition) is 4. The van der Waals surface area contributed by atoms with Crippen molar-refractivity contribution in [2.75, 3.05) is 13.7 Å². The number of benzene rings is 1. The Morgan fingerprint density at radius 1 is 1.50 bits per heavy atom. The van der Waals surface area contributed by atoms with E-state index in [0.717, 1.165) is 0 Å². The summed E-state index contributed by atoms with van der Waals surface area (Å²) in [5.74, 6) is 0. The topological polar surface area (TPSA) is 78.4 Å². The largest absolute Gasteiger partial charge is 0.385 e. The molecule has 0 spiro atoms. The minimum atomic E-state index is -0.377. The Kier molecular flexibility index (Phi) is 4.88. The summed E-state index contributed by atoms with van der Waals surface area (Å²) >= 11 is 0. The van der Waals surface area contributed by atoms with Gasteiger partial charge in [-0.15, -0.1) is 0 Å². The first kappa shape index (κ1) is 12.6. The first-order valence-electron chi connectivity index (χ1n) is 5.12. The van der Waals surface area contributed by atoms with Crippen LogP contribution in [-0.2, 0) is 11.2 Å². The molecule has 0 amide bonds. The predicted octanol–water partition coefficient (Wildman–Crippen LogP) is 1.50. The molecule has 1 atom stereocenters. The van der Waals surface area contributed by atoms with E-state index in [9.17, 15) is 10.1 Å². The Morgan fingerprint density at radius 2 is 2.19 bits per heavy atom. The third kappa shape index (κ3) is 3.60. The quantitative estimate of drug-likeness (QED) is 0.586. The molecular weight excluding hydrogens is 208 g/mol. The lowest BCUT2D eigenvalue weighted by atomic mass is 10.0. The number of para-hydroxylation sites is 1. The molecule has 0 aliphatic rings. The Balaban J connectivity index is 2.69. The van der Waals surface area contributed by atoms with Crippen molar-refractivity contribution >= 4 is 5.69 Å². The number of ether oxygens (including phenoxy) is 1. The standard InChI is InChI=1S/C11H16N2O3/c1-16-7-6-10(12)8-9-4-2-3-5-11(9)13(14)15/h2-5,10H,6-8,12H2,1H3. The fourth-order valence-electron chi connectivity index (χ4n) is 1.52. The smallest absolute Gasteiger partial charge is 0.272 e. The third-order valence-electron chi connectivity index (χ3n) is 2.36. The van der Waals surface area contributed by atoms with Gasteiger partial charge in [0.25, 0.3) is 5.69 Å². The predicted molar refractivity (Wildman–Crippen MR) is 61.3 cm³/mol. The van der Waals surface area contributed by atoms with Crippen LogP contribution in [-0.4, -0.2) is 24.7 Å². The summed E-state index contributed by atoms with van der Waals surface area (Å²) in [4.78, 5) is 10.4. The molecule has 0 saturated heterocycles. The summed E-state index contributed by atoms with van der Waals surface area (Å²) < 4.78 is 4.91. The minimum absolute atomic E-state index is 0.110. The second kappa shape index (κ2) is 6.19. The van der Waals surface area contributed by atoms with E-state index in [1.54, 1.807) is 25.3 Å². The molecule has 1 aromatic carbocycles. The Bertz CT molecular complexity index is 355. The number of nitro benzene ring substituents is 1. The van der Waals surface area contributed by atoms with Gasteiger partial charge in [0.2, 0.25) is 0 Å². The molecule has 0 aliphatic carbocycles. The highest BCUT2D eigenvalue weighted by Crippen LogP contribution is 2.19.